The zero-order valence-electron chi connectivity index (χ0n) is 16.8. The van der Waals surface area contributed by atoms with Crippen LogP contribution in [-0.2, 0) is 22.7 Å². The van der Waals surface area contributed by atoms with E-state index in [2.05, 4.69) is 5.32 Å². The SMILES string of the molecule is CC(C)(C(=O)NCc1ccccc1)C(=O)N(Cc1ccccc1)c1ccccc1. The van der Waals surface area contributed by atoms with Crippen LogP contribution in [0, 0.1) is 5.41 Å². The maximum atomic E-state index is 13.5. The maximum absolute atomic E-state index is 13.5. The number of hydrogen-bond donors (Lipinski definition) is 1. The summed E-state index contributed by atoms with van der Waals surface area (Å²) < 4.78 is 0. The first-order chi connectivity index (χ1) is 14.0. The van der Waals surface area contributed by atoms with E-state index >= 15 is 0 Å². The van der Waals surface area contributed by atoms with Crippen LogP contribution in [0.3, 0.4) is 0 Å². The van der Waals surface area contributed by atoms with Gasteiger partial charge in [-0.2, -0.15) is 0 Å². The van der Waals surface area contributed by atoms with Crippen molar-refractivity contribution < 1.29 is 9.59 Å². The molecule has 29 heavy (non-hydrogen) atoms. The van der Waals surface area contributed by atoms with Crippen LogP contribution in [-0.4, -0.2) is 11.8 Å². The first-order valence-electron chi connectivity index (χ1n) is 9.71. The van der Waals surface area contributed by atoms with Crippen molar-refractivity contribution in [2.75, 3.05) is 4.90 Å². The van der Waals surface area contributed by atoms with Gasteiger partial charge in [-0.05, 0) is 37.1 Å². The minimum Gasteiger partial charge on any atom is -0.351 e. The van der Waals surface area contributed by atoms with Crippen molar-refractivity contribution in [2.24, 2.45) is 5.41 Å². The molecule has 0 aliphatic heterocycles. The number of nitrogens with one attached hydrogen (secondary N) is 1. The van der Waals surface area contributed by atoms with Crippen molar-refractivity contribution in [1.29, 1.82) is 0 Å². The summed E-state index contributed by atoms with van der Waals surface area (Å²) in [5.74, 6) is -0.529. The smallest absolute Gasteiger partial charge is 0.242 e. The van der Waals surface area contributed by atoms with Crippen molar-refractivity contribution in [3.05, 3.63) is 102 Å². The Morgan fingerprint density at radius 1 is 0.759 bits per heavy atom. The Morgan fingerprint density at radius 3 is 1.79 bits per heavy atom. The van der Waals surface area contributed by atoms with Gasteiger partial charge in [-0.3, -0.25) is 9.59 Å². The fraction of sp³-hybridized carbons (Fsp3) is 0.200. The van der Waals surface area contributed by atoms with Gasteiger partial charge in [0.1, 0.15) is 5.41 Å². The summed E-state index contributed by atoms with van der Waals surface area (Å²) in [6, 6.07) is 28.9. The predicted molar refractivity (Wildman–Crippen MR) is 116 cm³/mol. The molecule has 3 aromatic rings. The Balaban J connectivity index is 1.80. The predicted octanol–water partition coefficient (Wildman–Crippen LogP) is 4.56. The molecule has 1 N–H and O–H groups in total. The summed E-state index contributed by atoms with van der Waals surface area (Å²) in [4.78, 5) is 28.1. The summed E-state index contributed by atoms with van der Waals surface area (Å²) in [5.41, 5.74) is 1.56. The fourth-order valence-electron chi connectivity index (χ4n) is 3.09. The number of para-hydroxylation sites is 1. The van der Waals surface area contributed by atoms with E-state index in [0.29, 0.717) is 13.1 Å². The quantitative estimate of drug-likeness (QED) is 0.605. The molecule has 0 atom stereocenters. The molecule has 3 aromatic carbocycles. The third kappa shape index (κ3) is 5.11. The van der Waals surface area contributed by atoms with Crippen LogP contribution in [0.25, 0.3) is 0 Å². The summed E-state index contributed by atoms with van der Waals surface area (Å²) in [6.07, 6.45) is 0. The van der Waals surface area contributed by atoms with Gasteiger partial charge in [-0.25, -0.2) is 0 Å². The first kappa shape index (κ1) is 20.3. The Hall–Kier alpha value is -3.40. The molecule has 148 valence electrons. The van der Waals surface area contributed by atoms with Gasteiger partial charge in [0.2, 0.25) is 11.8 Å². The highest BCUT2D eigenvalue weighted by Gasteiger charge is 2.39. The molecule has 0 aliphatic carbocycles. The molecule has 0 bridgehead atoms. The lowest BCUT2D eigenvalue weighted by atomic mass is 9.89. The van der Waals surface area contributed by atoms with E-state index in [1.54, 1.807) is 18.7 Å². The number of benzene rings is 3. The highest BCUT2D eigenvalue weighted by atomic mass is 16.2. The molecular weight excluding hydrogens is 360 g/mol. The van der Waals surface area contributed by atoms with E-state index in [4.69, 9.17) is 0 Å². The number of carbonyl (C=O) groups excluding carboxylic acids is 2. The van der Waals surface area contributed by atoms with Crippen molar-refractivity contribution in [2.45, 2.75) is 26.9 Å². The van der Waals surface area contributed by atoms with Crippen LogP contribution >= 0.6 is 0 Å². The van der Waals surface area contributed by atoms with Gasteiger partial charge < -0.3 is 10.2 Å². The van der Waals surface area contributed by atoms with Gasteiger partial charge >= 0.3 is 0 Å². The van der Waals surface area contributed by atoms with Crippen molar-refractivity contribution in [3.63, 3.8) is 0 Å². The molecule has 0 aliphatic rings. The number of nitrogens with zero attached hydrogens (tertiary/aromatic N) is 1. The molecule has 0 spiro atoms. The van der Waals surface area contributed by atoms with E-state index in [1.165, 1.54) is 0 Å². The van der Waals surface area contributed by atoms with E-state index in [-0.39, 0.29) is 11.8 Å². The summed E-state index contributed by atoms with van der Waals surface area (Å²) >= 11 is 0. The molecule has 4 heteroatoms. The summed E-state index contributed by atoms with van der Waals surface area (Å²) in [7, 11) is 0. The lowest BCUT2D eigenvalue weighted by molar-refractivity contribution is -0.140. The van der Waals surface area contributed by atoms with Crippen molar-refractivity contribution in [3.8, 4) is 0 Å². The second kappa shape index (κ2) is 9.20. The van der Waals surface area contributed by atoms with Crippen LogP contribution in [0.4, 0.5) is 5.69 Å². The topological polar surface area (TPSA) is 49.4 Å². The molecule has 0 heterocycles. The van der Waals surface area contributed by atoms with Gasteiger partial charge in [0, 0.05) is 12.2 Å². The monoisotopic (exact) mass is 386 g/mol. The summed E-state index contributed by atoms with van der Waals surface area (Å²) in [6.45, 7) is 4.15. The minimum absolute atomic E-state index is 0.238. The maximum Gasteiger partial charge on any atom is 0.242 e. The van der Waals surface area contributed by atoms with Crippen molar-refractivity contribution in [1.82, 2.24) is 5.32 Å². The standard InChI is InChI=1S/C25H26N2O2/c1-25(2,23(28)26-18-20-12-6-3-7-13-20)24(29)27(22-16-10-5-11-17-22)19-21-14-8-4-9-15-21/h3-17H,18-19H2,1-2H3,(H,26,28). The van der Waals surface area contributed by atoms with Crippen LogP contribution in [0.15, 0.2) is 91.0 Å². The molecule has 0 fully saturated rings. The van der Waals surface area contributed by atoms with Gasteiger partial charge in [0.15, 0.2) is 0 Å². The molecule has 0 aromatic heterocycles. The van der Waals surface area contributed by atoms with E-state index in [1.807, 2.05) is 91.0 Å². The van der Waals surface area contributed by atoms with Gasteiger partial charge in [0.05, 0.1) is 6.54 Å². The average molecular weight is 386 g/mol. The normalized spacial score (nSPS) is 11.0. The second-order valence-corrected chi connectivity index (χ2v) is 7.51. The molecule has 4 nitrogen and oxygen atoms in total. The van der Waals surface area contributed by atoms with Crippen LogP contribution in [0.1, 0.15) is 25.0 Å². The molecule has 0 unspecified atom stereocenters. The average Bonchev–Trinajstić information content (AvgIpc) is 2.77. The van der Waals surface area contributed by atoms with Crippen molar-refractivity contribution >= 4 is 17.5 Å². The highest BCUT2D eigenvalue weighted by Crippen LogP contribution is 2.26. The number of anilines is 1. The first-order valence-corrected chi connectivity index (χ1v) is 9.71. The lowest BCUT2D eigenvalue weighted by Crippen LogP contribution is -2.49. The van der Waals surface area contributed by atoms with E-state index in [0.717, 1.165) is 16.8 Å². The van der Waals surface area contributed by atoms with Crippen LogP contribution in [0.2, 0.25) is 0 Å². The molecule has 0 saturated carbocycles. The third-order valence-corrected chi connectivity index (χ3v) is 4.89. The Morgan fingerprint density at radius 2 is 1.24 bits per heavy atom. The third-order valence-electron chi connectivity index (χ3n) is 4.89. The highest BCUT2D eigenvalue weighted by molar-refractivity contribution is 6.10. The molecular formula is C25H26N2O2. The number of rotatable bonds is 7. The Bertz CT molecular complexity index is 938. The Kier molecular flexibility index (Phi) is 6.45. The minimum atomic E-state index is -1.21. The van der Waals surface area contributed by atoms with E-state index in [9.17, 15) is 9.59 Å². The largest absolute Gasteiger partial charge is 0.351 e. The number of amides is 2. The van der Waals surface area contributed by atoms with Gasteiger partial charge in [-0.1, -0.05) is 78.9 Å². The van der Waals surface area contributed by atoms with E-state index < -0.39 is 5.41 Å². The zero-order chi connectivity index (χ0) is 20.7. The molecule has 0 saturated heterocycles. The molecule has 2 amide bonds. The molecule has 3 rings (SSSR count). The fourth-order valence-corrected chi connectivity index (χ4v) is 3.09. The Labute approximate surface area is 172 Å². The number of carbonyl (C=O) groups is 2. The van der Waals surface area contributed by atoms with Gasteiger partial charge in [0.25, 0.3) is 0 Å². The van der Waals surface area contributed by atoms with Crippen LogP contribution < -0.4 is 10.2 Å². The van der Waals surface area contributed by atoms with Crippen LogP contribution in [0.5, 0.6) is 0 Å². The zero-order valence-corrected chi connectivity index (χ0v) is 16.8. The molecule has 0 radical (unpaired) electrons. The summed E-state index contributed by atoms with van der Waals surface area (Å²) in [5, 5.41) is 2.90. The van der Waals surface area contributed by atoms with Gasteiger partial charge in [-0.15, -0.1) is 0 Å². The lowest BCUT2D eigenvalue weighted by Gasteiger charge is -2.31. The second-order valence-electron chi connectivity index (χ2n) is 7.51. The number of hydrogen-bond acceptors (Lipinski definition) is 2.